The Morgan fingerprint density at radius 3 is 2.61 bits per heavy atom. The number of nitrogens with zero attached hydrogens (tertiary/aromatic N) is 2. The molecule has 0 atom stereocenters. The molecule has 0 aliphatic carbocycles. The zero-order chi connectivity index (χ0) is 13.4. The van der Waals surface area contributed by atoms with Crippen LogP contribution in [0.2, 0.25) is 0 Å². The van der Waals surface area contributed by atoms with Crippen molar-refractivity contribution in [2.45, 2.75) is 45.4 Å². The molecule has 0 aliphatic heterocycles. The fraction of sp³-hybridized carbons (Fsp3) is 0.692. The minimum absolute atomic E-state index is 0.285. The molecule has 0 spiro atoms. The van der Waals surface area contributed by atoms with Crippen LogP contribution in [0.25, 0.3) is 0 Å². The highest BCUT2D eigenvalue weighted by Gasteiger charge is 2.12. The molecule has 0 saturated carbocycles. The van der Waals surface area contributed by atoms with Gasteiger partial charge in [0.1, 0.15) is 18.0 Å². The van der Waals surface area contributed by atoms with Gasteiger partial charge in [-0.05, 0) is 18.8 Å². The summed E-state index contributed by atoms with van der Waals surface area (Å²) >= 11 is 0. The molecule has 0 radical (unpaired) electrons. The van der Waals surface area contributed by atoms with Crippen LogP contribution in [0.4, 0.5) is 11.6 Å². The van der Waals surface area contributed by atoms with Crippen molar-refractivity contribution >= 4 is 11.6 Å². The van der Waals surface area contributed by atoms with Crippen molar-refractivity contribution in [2.75, 3.05) is 24.2 Å². The Bertz CT molecular complexity index is 355. The van der Waals surface area contributed by atoms with E-state index in [-0.39, 0.29) is 6.61 Å². The molecule has 5 nitrogen and oxygen atoms in total. The minimum atomic E-state index is 0.285. The van der Waals surface area contributed by atoms with E-state index in [2.05, 4.69) is 29.1 Å². The molecular weight excluding hydrogens is 228 g/mol. The second kappa shape index (κ2) is 7.87. The van der Waals surface area contributed by atoms with Crippen LogP contribution in [0.1, 0.15) is 51.0 Å². The summed E-state index contributed by atoms with van der Waals surface area (Å²) in [6.07, 6.45) is 5.64. The highest BCUT2D eigenvalue weighted by molar-refractivity contribution is 5.56. The summed E-state index contributed by atoms with van der Waals surface area (Å²) in [5, 5.41) is 12.0. The molecule has 0 unspecified atom stereocenters. The average molecular weight is 252 g/mol. The number of hydrogen-bond donors (Lipinski definition) is 3. The van der Waals surface area contributed by atoms with E-state index >= 15 is 0 Å². The van der Waals surface area contributed by atoms with Crippen LogP contribution < -0.4 is 11.1 Å². The largest absolute Gasteiger partial charge is 0.396 e. The average Bonchev–Trinajstić information content (AvgIpc) is 2.33. The predicted molar refractivity (Wildman–Crippen MR) is 74.6 cm³/mol. The fourth-order valence-electron chi connectivity index (χ4n) is 1.92. The number of rotatable bonds is 8. The zero-order valence-electron chi connectivity index (χ0n) is 11.3. The van der Waals surface area contributed by atoms with Crippen molar-refractivity contribution in [3.8, 4) is 0 Å². The molecule has 1 aromatic heterocycles. The van der Waals surface area contributed by atoms with Gasteiger partial charge in [0.2, 0.25) is 0 Å². The third-order valence-corrected chi connectivity index (χ3v) is 2.87. The first-order chi connectivity index (χ1) is 8.66. The molecule has 18 heavy (non-hydrogen) atoms. The van der Waals surface area contributed by atoms with Crippen molar-refractivity contribution in [3.63, 3.8) is 0 Å². The quantitative estimate of drug-likeness (QED) is 0.617. The summed E-state index contributed by atoms with van der Waals surface area (Å²) in [6, 6.07) is 0. The van der Waals surface area contributed by atoms with Gasteiger partial charge >= 0.3 is 0 Å². The Morgan fingerprint density at radius 2 is 1.94 bits per heavy atom. The molecule has 4 N–H and O–H groups in total. The number of aliphatic hydroxyl groups excluding tert-OH is 1. The summed E-state index contributed by atoms with van der Waals surface area (Å²) in [5.74, 6) is 1.71. The molecule has 1 rings (SSSR count). The van der Waals surface area contributed by atoms with E-state index in [0.717, 1.165) is 43.6 Å². The molecule has 0 amide bonds. The van der Waals surface area contributed by atoms with Crippen molar-refractivity contribution in [3.05, 3.63) is 11.9 Å². The van der Waals surface area contributed by atoms with Crippen LogP contribution in [-0.2, 0) is 0 Å². The fourth-order valence-corrected chi connectivity index (χ4v) is 1.92. The van der Waals surface area contributed by atoms with Gasteiger partial charge < -0.3 is 16.2 Å². The van der Waals surface area contributed by atoms with E-state index in [1.807, 2.05) is 0 Å². The second-order valence-electron chi connectivity index (χ2n) is 4.74. The standard InChI is InChI=1S/C13H24N4O/c1-10(2)11-12(14)16-9-17-13(11)15-7-5-3-4-6-8-18/h9-10,18H,3-8H2,1-2H3,(H3,14,15,16,17). The van der Waals surface area contributed by atoms with E-state index in [1.54, 1.807) is 0 Å². The van der Waals surface area contributed by atoms with Gasteiger partial charge in [-0.2, -0.15) is 0 Å². The molecule has 0 saturated heterocycles. The number of aliphatic hydroxyl groups is 1. The maximum atomic E-state index is 8.68. The summed E-state index contributed by atoms with van der Waals surface area (Å²) in [7, 11) is 0. The summed E-state index contributed by atoms with van der Waals surface area (Å²) in [5.41, 5.74) is 6.87. The van der Waals surface area contributed by atoms with Crippen LogP contribution in [0.5, 0.6) is 0 Å². The lowest BCUT2D eigenvalue weighted by molar-refractivity contribution is 0.283. The summed E-state index contributed by atoms with van der Waals surface area (Å²) in [4.78, 5) is 8.28. The Kier molecular flexibility index (Phi) is 6.43. The lowest BCUT2D eigenvalue weighted by Crippen LogP contribution is -2.10. The zero-order valence-corrected chi connectivity index (χ0v) is 11.3. The molecule has 0 aliphatic rings. The monoisotopic (exact) mass is 252 g/mol. The van der Waals surface area contributed by atoms with Crippen LogP contribution in [0.15, 0.2) is 6.33 Å². The maximum Gasteiger partial charge on any atom is 0.134 e. The van der Waals surface area contributed by atoms with Crippen molar-refractivity contribution in [2.24, 2.45) is 0 Å². The predicted octanol–water partition coefficient (Wildman–Crippen LogP) is 2.15. The van der Waals surface area contributed by atoms with Crippen molar-refractivity contribution < 1.29 is 5.11 Å². The normalized spacial score (nSPS) is 10.9. The summed E-state index contributed by atoms with van der Waals surface area (Å²) < 4.78 is 0. The van der Waals surface area contributed by atoms with Crippen molar-refractivity contribution in [1.82, 2.24) is 9.97 Å². The number of hydrogen-bond acceptors (Lipinski definition) is 5. The molecule has 1 aromatic rings. The van der Waals surface area contributed by atoms with E-state index in [0.29, 0.717) is 11.7 Å². The lowest BCUT2D eigenvalue weighted by Gasteiger charge is -2.14. The maximum absolute atomic E-state index is 8.68. The molecule has 102 valence electrons. The number of nitrogens with one attached hydrogen (secondary N) is 1. The SMILES string of the molecule is CC(C)c1c(N)ncnc1NCCCCCCO. The number of unbranched alkanes of at least 4 members (excludes halogenated alkanes) is 3. The first kappa shape index (κ1) is 14.7. The smallest absolute Gasteiger partial charge is 0.134 e. The van der Waals surface area contributed by atoms with Gasteiger partial charge in [-0.3, -0.25) is 0 Å². The van der Waals surface area contributed by atoms with Gasteiger partial charge in [-0.25, -0.2) is 9.97 Å². The highest BCUT2D eigenvalue weighted by atomic mass is 16.2. The second-order valence-corrected chi connectivity index (χ2v) is 4.74. The summed E-state index contributed by atoms with van der Waals surface area (Å²) in [6.45, 7) is 5.33. The van der Waals surface area contributed by atoms with Crippen molar-refractivity contribution in [1.29, 1.82) is 0 Å². The molecular formula is C13H24N4O. The Labute approximate surface area is 109 Å². The van der Waals surface area contributed by atoms with Crippen LogP contribution >= 0.6 is 0 Å². The molecule has 0 bridgehead atoms. The van der Waals surface area contributed by atoms with Gasteiger partial charge in [-0.1, -0.05) is 26.7 Å². The van der Waals surface area contributed by atoms with E-state index in [1.165, 1.54) is 6.33 Å². The highest BCUT2D eigenvalue weighted by Crippen LogP contribution is 2.26. The van der Waals surface area contributed by atoms with Gasteiger partial charge in [0.15, 0.2) is 0 Å². The topological polar surface area (TPSA) is 84.1 Å². The molecule has 0 fully saturated rings. The van der Waals surface area contributed by atoms with Crippen LogP contribution in [-0.4, -0.2) is 28.2 Å². The third kappa shape index (κ3) is 4.49. The van der Waals surface area contributed by atoms with Gasteiger partial charge in [0, 0.05) is 18.7 Å². The van der Waals surface area contributed by atoms with E-state index in [9.17, 15) is 0 Å². The molecule has 5 heteroatoms. The van der Waals surface area contributed by atoms with Crippen LogP contribution in [0, 0.1) is 0 Å². The van der Waals surface area contributed by atoms with E-state index in [4.69, 9.17) is 10.8 Å². The first-order valence-corrected chi connectivity index (χ1v) is 6.62. The number of nitrogens with two attached hydrogens (primary N) is 1. The number of anilines is 2. The first-order valence-electron chi connectivity index (χ1n) is 6.62. The Balaban J connectivity index is 2.44. The van der Waals surface area contributed by atoms with Gasteiger partial charge in [0.25, 0.3) is 0 Å². The van der Waals surface area contributed by atoms with Gasteiger partial charge in [-0.15, -0.1) is 0 Å². The Morgan fingerprint density at radius 1 is 1.22 bits per heavy atom. The Hall–Kier alpha value is -1.36. The van der Waals surface area contributed by atoms with Gasteiger partial charge in [0.05, 0.1) is 0 Å². The lowest BCUT2D eigenvalue weighted by atomic mass is 10.0. The third-order valence-electron chi connectivity index (χ3n) is 2.87. The molecule has 0 aromatic carbocycles. The van der Waals surface area contributed by atoms with E-state index < -0.39 is 0 Å². The minimum Gasteiger partial charge on any atom is -0.396 e. The molecule has 1 heterocycles. The number of aromatic nitrogens is 2. The number of nitrogen functional groups attached to an aromatic ring is 1. The van der Waals surface area contributed by atoms with Crippen LogP contribution in [0.3, 0.4) is 0 Å².